The van der Waals surface area contributed by atoms with Crippen molar-refractivity contribution >= 4 is 29.3 Å². The lowest BCUT2D eigenvalue weighted by Crippen LogP contribution is -2.34. The van der Waals surface area contributed by atoms with Gasteiger partial charge in [0.1, 0.15) is 0 Å². The predicted octanol–water partition coefficient (Wildman–Crippen LogP) is 3.30. The van der Waals surface area contributed by atoms with Gasteiger partial charge >= 0.3 is 5.97 Å². The molecule has 126 valence electrons. The first-order valence-corrected chi connectivity index (χ1v) is 8.38. The van der Waals surface area contributed by atoms with Gasteiger partial charge in [-0.2, -0.15) is 0 Å². The summed E-state index contributed by atoms with van der Waals surface area (Å²) in [6.07, 6.45) is 0.590. The van der Waals surface area contributed by atoms with Crippen molar-refractivity contribution in [1.82, 2.24) is 0 Å². The number of nitrogens with two attached hydrogens (primary N) is 1. The van der Waals surface area contributed by atoms with Crippen LogP contribution in [0.2, 0.25) is 0 Å². The number of carbonyl (C=O) groups is 2. The van der Waals surface area contributed by atoms with Gasteiger partial charge in [0.05, 0.1) is 18.7 Å². The van der Waals surface area contributed by atoms with Crippen LogP contribution in [0.4, 0.5) is 5.69 Å². The summed E-state index contributed by atoms with van der Waals surface area (Å²) in [5, 5.41) is 2.81. The van der Waals surface area contributed by atoms with E-state index < -0.39 is 6.04 Å². The Kier molecular flexibility index (Phi) is 6.40. The highest BCUT2D eigenvalue weighted by Crippen LogP contribution is 2.29. The van der Waals surface area contributed by atoms with Gasteiger partial charge in [0, 0.05) is 15.5 Å². The molecule has 0 spiro atoms. The molecule has 5 nitrogen and oxygen atoms in total. The lowest BCUT2D eigenvalue weighted by Gasteiger charge is -2.11. The summed E-state index contributed by atoms with van der Waals surface area (Å²) in [6.45, 7) is 1.87. The maximum Gasteiger partial charge on any atom is 0.337 e. The number of rotatable bonds is 6. The normalized spacial score (nSPS) is 11.6. The number of amides is 1. The first-order valence-electron chi connectivity index (χ1n) is 7.56. The van der Waals surface area contributed by atoms with Gasteiger partial charge in [-0.25, -0.2) is 4.79 Å². The van der Waals surface area contributed by atoms with E-state index in [0.717, 1.165) is 9.79 Å². The van der Waals surface area contributed by atoms with Crippen molar-refractivity contribution in [1.29, 1.82) is 0 Å². The summed E-state index contributed by atoms with van der Waals surface area (Å²) >= 11 is 1.54. The van der Waals surface area contributed by atoms with Crippen molar-refractivity contribution < 1.29 is 14.3 Å². The molecular formula is C18H20N2O3S. The first kappa shape index (κ1) is 18.0. The topological polar surface area (TPSA) is 81.4 Å². The average molecular weight is 344 g/mol. The van der Waals surface area contributed by atoms with Crippen molar-refractivity contribution in [3.63, 3.8) is 0 Å². The Morgan fingerprint density at radius 2 is 1.88 bits per heavy atom. The summed E-state index contributed by atoms with van der Waals surface area (Å²) in [6, 6.07) is 14.2. The molecule has 1 unspecified atom stereocenters. The van der Waals surface area contributed by atoms with Crippen LogP contribution in [0.3, 0.4) is 0 Å². The standard InChI is InChI=1S/C18H20N2O3S/c1-3-16(19)17(21)20-13-5-4-6-15(11-13)24-14-9-7-12(8-10-14)18(22)23-2/h4-11,16H,3,19H2,1-2H3,(H,20,21). The van der Waals surface area contributed by atoms with Gasteiger partial charge in [0.2, 0.25) is 5.91 Å². The molecule has 0 bridgehead atoms. The minimum atomic E-state index is -0.507. The van der Waals surface area contributed by atoms with Crippen molar-refractivity contribution in [2.24, 2.45) is 5.73 Å². The van der Waals surface area contributed by atoms with Gasteiger partial charge in [0.25, 0.3) is 0 Å². The zero-order valence-corrected chi connectivity index (χ0v) is 14.4. The van der Waals surface area contributed by atoms with Crippen LogP contribution in [0, 0.1) is 0 Å². The molecule has 0 aromatic heterocycles. The number of hydrogen-bond acceptors (Lipinski definition) is 5. The fourth-order valence-electron chi connectivity index (χ4n) is 1.97. The van der Waals surface area contributed by atoms with Crippen molar-refractivity contribution in [3.8, 4) is 0 Å². The molecule has 0 radical (unpaired) electrons. The molecule has 0 fully saturated rings. The number of carbonyl (C=O) groups excluding carboxylic acids is 2. The number of methoxy groups -OCH3 is 1. The Morgan fingerprint density at radius 3 is 2.50 bits per heavy atom. The van der Waals surface area contributed by atoms with E-state index in [1.807, 2.05) is 43.3 Å². The SMILES string of the molecule is CCC(N)C(=O)Nc1cccc(Sc2ccc(C(=O)OC)cc2)c1. The van der Waals surface area contributed by atoms with E-state index in [1.54, 1.807) is 12.1 Å². The van der Waals surface area contributed by atoms with Gasteiger partial charge < -0.3 is 15.8 Å². The highest BCUT2D eigenvalue weighted by atomic mass is 32.2. The summed E-state index contributed by atoms with van der Waals surface area (Å²) in [7, 11) is 1.36. The summed E-state index contributed by atoms with van der Waals surface area (Å²) in [5.41, 5.74) is 6.94. The molecule has 0 saturated carbocycles. The minimum Gasteiger partial charge on any atom is -0.465 e. The molecular weight excluding hydrogens is 324 g/mol. The zero-order chi connectivity index (χ0) is 17.5. The van der Waals surface area contributed by atoms with Gasteiger partial charge in [-0.05, 0) is 48.9 Å². The largest absolute Gasteiger partial charge is 0.465 e. The van der Waals surface area contributed by atoms with E-state index in [2.05, 4.69) is 10.1 Å². The van der Waals surface area contributed by atoms with Gasteiger partial charge in [0.15, 0.2) is 0 Å². The van der Waals surface area contributed by atoms with Crippen LogP contribution in [0.1, 0.15) is 23.7 Å². The maximum atomic E-state index is 11.9. The predicted molar refractivity (Wildman–Crippen MR) is 95.2 cm³/mol. The molecule has 3 N–H and O–H groups in total. The van der Waals surface area contributed by atoms with E-state index in [0.29, 0.717) is 17.7 Å². The second-order valence-electron chi connectivity index (χ2n) is 5.15. The molecule has 1 amide bonds. The van der Waals surface area contributed by atoms with Crippen molar-refractivity contribution in [3.05, 3.63) is 54.1 Å². The number of anilines is 1. The number of nitrogens with one attached hydrogen (secondary N) is 1. The molecule has 2 aromatic rings. The molecule has 0 aliphatic heterocycles. The molecule has 2 aromatic carbocycles. The molecule has 1 atom stereocenters. The molecule has 2 rings (SSSR count). The number of benzene rings is 2. The van der Waals surface area contributed by atoms with E-state index in [4.69, 9.17) is 5.73 Å². The highest BCUT2D eigenvalue weighted by molar-refractivity contribution is 7.99. The molecule has 0 aliphatic carbocycles. The van der Waals surface area contributed by atoms with Crippen LogP contribution in [0.25, 0.3) is 0 Å². The van der Waals surface area contributed by atoms with Crippen LogP contribution in [0.5, 0.6) is 0 Å². The van der Waals surface area contributed by atoms with E-state index in [-0.39, 0.29) is 11.9 Å². The first-order chi connectivity index (χ1) is 11.5. The van der Waals surface area contributed by atoms with Crippen molar-refractivity contribution in [2.75, 3.05) is 12.4 Å². The van der Waals surface area contributed by atoms with Gasteiger partial charge in [-0.15, -0.1) is 0 Å². The number of ether oxygens (including phenoxy) is 1. The Balaban J connectivity index is 2.06. The van der Waals surface area contributed by atoms with E-state index in [9.17, 15) is 9.59 Å². The summed E-state index contributed by atoms with van der Waals surface area (Å²) < 4.78 is 4.68. The fourth-order valence-corrected chi connectivity index (χ4v) is 2.85. The average Bonchev–Trinajstić information content (AvgIpc) is 2.61. The third-order valence-electron chi connectivity index (χ3n) is 3.39. The molecule has 0 heterocycles. The zero-order valence-electron chi connectivity index (χ0n) is 13.6. The van der Waals surface area contributed by atoms with Crippen LogP contribution in [-0.2, 0) is 9.53 Å². The van der Waals surface area contributed by atoms with Gasteiger partial charge in [-0.3, -0.25) is 4.79 Å². The van der Waals surface area contributed by atoms with Crippen LogP contribution in [0.15, 0.2) is 58.3 Å². The lowest BCUT2D eigenvalue weighted by molar-refractivity contribution is -0.117. The lowest BCUT2D eigenvalue weighted by atomic mass is 10.2. The second kappa shape index (κ2) is 8.52. The second-order valence-corrected chi connectivity index (χ2v) is 6.30. The molecule has 0 saturated heterocycles. The molecule has 24 heavy (non-hydrogen) atoms. The van der Waals surface area contributed by atoms with Crippen molar-refractivity contribution in [2.45, 2.75) is 29.2 Å². The Morgan fingerprint density at radius 1 is 1.17 bits per heavy atom. The fraction of sp³-hybridized carbons (Fsp3) is 0.222. The van der Waals surface area contributed by atoms with Crippen LogP contribution >= 0.6 is 11.8 Å². The summed E-state index contributed by atoms with van der Waals surface area (Å²) in [4.78, 5) is 25.2. The number of hydrogen-bond donors (Lipinski definition) is 2. The van der Waals surface area contributed by atoms with Gasteiger partial charge in [-0.1, -0.05) is 24.8 Å². The Labute approximate surface area is 145 Å². The monoisotopic (exact) mass is 344 g/mol. The van der Waals surface area contributed by atoms with E-state index in [1.165, 1.54) is 18.9 Å². The summed E-state index contributed by atoms with van der Waals surface area (Å²) in [5.74, 6) is -0.550. The maximum absolute atomic E-state index is 11.9. The quantitative estimate of drug-likeness (QED) is 0.786. The number of esters is 1. The third-order valence-corrected chi connectivity index (χ3v) is 4.39. The van der Waals surface area contributed by atoms with Crippen LogP contribution < -0.4 is 11.1 Å². The highest BCUT2D eigenvalue weighted by Gasteiger charge is 2.11. The molecule has 0 aliphatic rings. The van der Waals surface area contributed by atoms with Crippen LogP contribution in [-0.4, -0.2) is 25.0 Å². The Hall–Kier alpha value is -2.31. The Bertz CT molecular complexity index is 716. The van der Waals surface area contributed by atoms with E-state index >= 15 is 0 Å². The third kappa shape index (κ3) is 4.84. The minimum absolute atomic E-state index is 0.193. The molecule has 6 heteroatoms. The smallest absolute Gasteiger partial charge is 0.337 e.